The second kappa shape index (κ2) is 8.08. The van der Waals surface area contributed by atoms with E-state index in [9.17, 15) is 14.4 Å². The van der Waals surface area contributed by atoms with Crippen LogP contribution in [0.25, 0.3) is 0 Å². The molecule has 1 unspecified atom stereocenters. The van der Waals surface area contributed by atoms with Crippen molar-refractivity contribution >= 4 is 39.9 Å². The van der Waals surface area contributed by atoms with Crippen molar-refractivity contribution in [3.63, 3.8) is 0 Å². The average molecular weight is 420 g/mol. The van der Waals surface area contributed by atoms with Gasteiger partial charge < -0.3 is 11.1 Å². The molecule has 0 radical (unpaired) electrons. The highest BCUT2D eigenvalue weighted by molar-refractivity contribution is 7.16. The predicted molar refractivity (Wildman–Crippen MR) is 116 cm³/mol. The zero-order valence-electron chi connectivity index (χ0n) is 16.3. The first-order chi connectivity index (χ1) is 14.4. The first kappa shape index (κ1) is 19.8. The fourth-order valence-corrected chi connectivity index (χ4v) is 4.39. The average Bonchev–Trinajstić information content (AvgIpc) is 3.29. The molecule has 4 rings (SSSR count). The van der Waals surface area contributed by atoms with Crippen LogP contribution in [0, 0.1) is 6.92 Å². The van der Waals surface area contributed by atoms with Gasteiger partial charge in [-0.05, 0) is 56.2 Å². The normalized spacial score (nSPS) is 14.8. The molecule has 1 atom stereocenters. The molecule has 8 heteroatoms. The number of aryl methyl sites for hydroxylation is 2. The minimum absolute atomic E-state index is 0.165. The molecule has 4 N–H and O–H groups in total. The first-order valence-electron chi connectivity index (χ1n) is 9.49. The van der Waals surface area contributed by atoms with Gasteiger partial charge >= 0.3 is 0 Å². The van der Waals surface area contributed by atoms with Gasteiger partial charge in [-0.2, -0.15) is 0 Å². The molecule has 0 bridgehead atoms. The van der Waals surface area contributed by atoms with Gasteiger partial charge in [0.25, 0.3) is 5.91 Å². The first-order valence-corrected chi connectivity index (χ1v) is 10.3. The molecule has 1 aromatic heterocycles. The monoisotopic (exact) mass is 420 g/mol. The van der Waals surface area contributed by atoms with Gasteiger partial charge in [-0.15, -0.1) is 11.3 Å². The highest BCUT2D eigenvalue weighted by Crippen LogP contribution is 2.39. The van der Waals surface area contributed by atoms with Gasteiger partial charge in [-0.1, -0.05) is 17.7 Å². The van der Waals surface area contributed by atoms with Crippen LogP contribution in [0.2, 0.25) is 0 Å². The van der Waals surface area contributed by atoms with E-state index in [4.69, 9.17) is 5.73 Å². The van der Waals surface area contributed by atoms with Crippen LogP contribution < -0.4 is 16.4 Å². The Morgan fingerprint density at radius 2 is 1.67 bits per heavy atom. The molecule has 30 heavy (non-hydrogen) atoms. The second-order valence-electron chi connectivity index (χ2n) is 7.17. The van der Waals surface area contributed by atoms with Crippen LogP contribution in [-0.4, -0.2) is 22.7 Å². The molecule has 2 aromatic carbocycles. The van der Waals surface area contributed by atoms with Crippen LogP contribution in [-0.2, 0) is 11.2 Å². The molecular formula is C22H20N4O3S. The van der Waals surface area contributed by atoms with E-state index in [-0.39, 0.29) is 17.7 Å². The molecule has 0 fully saturated rings. The smallest absolute Gasteiger partial charge is 0.257 e. The van der Waals surface area contributed by atoms with Crippen molar-refractivity contribution in [1.29, 1.82) is 0 Å². The number of benzene rings is 2. The Labute approximate surface area is 177 Å². The van der Waals surface area contributed by atoms with Gasteiger partial charge in [0.1, 0.15) is 0 Å². The van der Waals surface area contributed by atoms with E-state index < -0.39 is 5.91 Å². The number of nitrogens with two attached hydrogens (primary N) is 1. The Bertz CT molecular complexity index is 1120. The van der Waals surface area contributed by atoms with Crippen LogP contribution in [0.3, 0.4) is 0 Å². The van der Waals surface area contributed by atoms with Crippen molar-refractivity contribution in [3.8, 4) is 0 Å². The summed E-state index contributed by atoms with van der Waals surface area (Å²) in [5, 5.41) is 6.18. The lowest BCUT2D eigenvalue weighted by molar-refractivity contribution is -0.117. The van der Waals surface area contributed by atoms with E-state index in [0.29, 0.717) is 34.1 Å². The predicted octanol–water partition coefficient (Wildman–Crippen LogP) is 3.47. The molecule has 3 aromatic rings. The lowest BCUT2D eigenvalue weighted by Crippen LogP contribution is -2.20. The maximum Gasteiger partial charge on any atom is 0.257 e. The molecule has 0 aliphatic heterocycles. The molecule has 1 aliphatic carbocycles. The number of amides is 3. The number of hydrogen-bond acceptors (Lipinski definition) is 5. The highest BCUT2D eigenvalue weighted by Gasteiger charge is 2.33. The summed E-state index contributed by atoms with van der Waals surface area (Å²) in [6.07, 6.45) is 1.41. The van der Waals surface area contributed by atoms with Crippen LogP contribution in [0.15, 0.2) is 48.5 Å². The lowest BCUT2D eigenvalue weighted by atomic mass is 10.1. The lowest BCUT2D eigenvalue weighted by Gasteiger charge is -2.11. The topological polar surface area (TPSA) is 114 Å². The molecule has 0 spiro atoms. The second-order valence-corrected chi connectivity index (χ2v) is 8.25. The molecule has 1 heterocycles. The molecule has 1 aliphatic rings. The summed E-state index contributed by atoms with van der Waals surface area (Å²) in [7, 11) is 0. The third-order valence-corrected chi connectivity index (χ3v) is 6.05. The molecule has 7 nitrogen and oxygen atoms in total. The molecular weight excluding hydrogens is 400 g/mol. The number of carbonyl (C=O) groups excluding carboxylic acids is 3. The van der Waals surface area contributed by atoms with Gasteiger partial charge in [-0.25, -0.2) is 4.98 Å². The third kappa shape index (κ3) is 4.08. The van der Waals surface area contributed by atoms with Crippen molar-refractivity contribution in [2.75, 3.05) is 10.6 Å². The molecule has 0 saturated carbocycles. The number of primary amides is 1. The number of anilines is 2. The minimum atomic E-state index is -0.518. The number of fused-ring (bicyclic) bond motifs is 1. The Hall–Kier alpha value is -3.52. The summed E-state index contributed by atoms with van der Waals surface area (Å²) < 4.78 is 0. The van der Waals surface area contributed by atoms with E-state index in [1.54, 1.807) is 36.4 Å². The van der Waals surface area contributed by atoms with Gasteiger partial charge in [0.05, 0.1) is 11.6 Å². The highest BCUT2D eigenvalue weighted by atomic mass is 32.1. The van der Waals surface area contributed by atoms with Crippen LogP contribution in [0.1, 0.15) is 49.2 Å². The quantitative estimate of drug-likeness (QED) is 0.586. The van der Waals surface area contributed by atoms with Crippen molar-refractivity contribution in [1.82, 2.24) is 4.98 Å². The number of thiazole rings is 1. The Morgan fingerprint density at radius 1 is 1.00 bits per heavy atom. The maximum absolute atomic E-state index is 12.8. The Kier molecular flexibility index (Phi) is 5.33. The van der Waals surface area contributed by atoms with Crippen molar-refractivity contribution in [2.45, 2.75) is 25.7 Å². The fraction of sp³-hybridized carbons (Fsp3) is 0.182. The van der Waals surface area contributed by atoms with Crippen molar-refractivity contribution in [2.24, 2.45) is 5.73 Å². The number of nitrogens with zero attached hydrogens (tertiary/aromatic N) is 1. The SMILES string of the molecule is Cc1ccc(C(=O)Nc2nc3c(s2)CCC3C(=O)Nc2ccc(C(N)=O)cc2)cc1. The maximum atomic E-state index is 12.8. The van der Waals surface area contributed by atoms with E-state index in [1.165, 1.54) is 11.3 Å². The fourth-order valence-electron chi connectivity index (χ4n) is 3.36. The summed E-state index contributed by atoms with van der Waals surface area (Å²) in [5.41, 5.74) is 8.55. The van der Waals surface area contributed by atoms with Gasteiger partial charge in [0.15, 0.2) is 5.13 Å². The van der Waals surface area contributed by atoms with Crippen LogP contribution in [0.4, 0.5) is 10.8 Å². The van der Waals surface area contributed by atoms with E-state index in [1.807, 2.05) is 19.1 Å². The number of hydrogen-bond donors (Lipinski definition) is 3. The van der Waals surface area contributed by atoms with Crippen molar-refractivity contribution in [3.05, 3.63) is 75.8 Å². The summed E-state index contributed by atoms with van der Waals surface area (Å²) in [4.78, 5) is 41.9. The number of rotatable bonds is 5. The summed E-state index contributed by atoms with van der Waals surface area (Å²) >= 11 is 1.41. The Balaban J connectivity index is 1.44. The molecule has 152 valence electrons. The number of nitrogens with one attached hydrogen (secondary N) is 2. The zero-order chi connectivity index (χ0) is 21.3. The summed E-state index contributed by atoms with van der Waals surface area (Å²) in [6.45, 7) is 1.96. The van der Waals surface area contributed by atoms with E-state index in [2.05, 4.69) is 15.6 Å². The standard InChI is InChI=1S/C22H20N4O3S/c1-12-2-4-14(5-3-12)20(28)26-22-25-18-16(10-11-17(18)30-22)21(29)24-15-8-6-13(7-9-15)19(23)27/h2-9,16H,10-11H2,1H3,(H2,23,27)(H,24,29)(H,25,26,28). The van der Waals surface area contributed by atoms with Crippen molar-refractivity contribution < 1.29 is 14.4 Å². The van der Waals surface area contributed by atoms with Gasteiger partial charge in [0.2, 0.25) is 11.8 Å². The third-order valence-electron chi connectivity index (χ3n) is 5.01. The van der Waals surface area contributed by atoms with Crippen LogP contribution in [0.5, 0.6) is 0 Å². The summed E-state index contributed by atoms with van der Waals surface area (Å²) in [5.74, 6) is -1.28. The Morgan fingerprint density at radius 3 is 2.33 bits per heavy atom. The number of aromatic nitrogens is 1. The van der Waals surface area contributed by atoms with Crippen LogP contribution >= 0.6 is 11.3 Å². The number of carbonyl (C=O) groups is 3. The molecule has 0 saturated heterocycles. The molecule has 3 amide bonds. The van der Waals surface area contributed by atoms with E-state index >= 15 is 0 Å². The van der Waals surface area contributed by atoms with E-state index in [0.717, 1.165) is 16.9 Å². The van der Waals surface area contributed by atoms with Gasteiger partial charge in [-0.3, -0.25) is 19.7 Å². The largest absolute Gasteiger partial charge is 0.366 e. The van der Waals surface area contributed by atoms with Gasteiger partial charge in [0, 0.05) is 21.7 Å². The minimum Gasteiger partial charge on any atom is -0.366 e. The zero-order valence-corrected chi connectivity index (χ0v) is 17.1. The summed E-state index contributed by atoms with van der Waals surface area (Å²) in [6, 6.07) is 13.7.